The molecule has 1 aromatic heterocycles. The zero-order valence-electron chi connectivity index (χ0n) is 19.4. The van der Waals surface area contributed by atoms with Crippen LogP contribution in [0.15, 0.2) is 97.4 Å². The van der Waals surface area contributed by atoms with Gasteiger partial charge < -0.3 is 14.3 Å². The molecule has 0 N–H and O–H groups in total. The van der Waals surface area contributed by atoms with E-state index in [-0.39, 0.29) is 17.0 Å². The van der Waals surface area contributed by atoms with Crippen molar-refractivity contribution in [2.45, 2.75) is 12.2 Å². The molecule has 0 fully saturated rings. The quantitative estimate of drug-likeness (QED) is 0.334. The van der Waals surface area contributed by atoms with Gasteiger partial charge in [-0.25, -0.2) is 4.79 Å². The number of hydrogen-bond acceptors (Lipinski definition) is 6. The molecule has 0 bridgehead atoms. The van der Waals surface area contributed by atoms with Crippen molar-refractivity contribution in [3.05, 3.63) is 120 Å². The largest absolute Gasteiger partial charge is 0.497 e. The number of fused-ring (bicyclic) bond motifs is 1. The first-order valence-corrected chi connectivity index (χ1v) is 11.2. The van der Waals surface area contributed by atoms with Gasteiger partial charge in [0.15, 0.2) is 5.69 Å². The molecule has 0 saturated heterocycles. The first kappa shape index (κ1) is 24.0. The number of hydroxylamine groups is 2. The van der Waals surface area contributed by atoms with Crippen LogP contribution in [0.4, 0.5) is 13.2 Å². The molecule has 0 spiro atoms. The van der Waals surface area contributed by atoms with Crippen molar-refractivity contribution >= 4 is 5.97 Å². The predicted octanol–water partition coefficient (Wildman–Crippen LogP) is 5.93. The maximum absolute atomic E-state index is 14.4. The van der Waals surface area contributed by atoms with Crippen LogP contribution in [0.5, 0.6) is 11.6 Å². The standard InChI is InChI=1S/C27H20F3N3O4/c1-35-21-14-12-18(13-15-21)23-22-24(27(28,29)30)31-33(20-10-6-3-7-11-20)25(22)36-17-16-32(23)37-26(34)19-8-4-2-5-9-19/h2-17,23H,1H3. The molecule has 37 heavy (non-hydrogen) atoms. The minimum atomic E-state index is -4.84. The van der Waals surface area contributed by atoms with E-state index >= 15 is 0 Å². The van der Waals surface area contributed by atoms with Gasteiger partial charge in [-0.15, -0.1) is 0 Å². The fourth-order valence-electron chi connectivity index (χ4n) is 4.00. The highest BCUT2D eigenvalue weighted by Gasteiger charge is 2.45. The number of halogens is 3. The molecule has 1 aliphatic heterocycles. The fraction of sp³-hybridized carbons (Fsp3) is 0.111. The lowest BCUT2D eigenvalue weighted by atomic mass is 9.98. The second kappa shape index (κ2) is 9.73. The Hall–Kier alpha value is -4.73. The Bertz CT molecular complexity index is 1420. The van der Waals surface area contributed by atoms with Gasteiger partial charge in [0.2, 0.25) is 5.88 Å². The minimum absolute atomic E-state index is 0.158. The SMILES string of the molecule is COc1ccc(C2c3c(C(F)(F)F)nn(-c4ccccc4)c3OC=CN2OC(=O)c2ccccc2)cc1. The summed E-state index contributed by atoms with van der Waals surface area (Å²) < 4.78 is 55.2. The molecule has 2 heterocycles. The zero-order valence-corrected chi connectivity index (χ0v) is 19.4. The Morgan fingerprint density at radius 3 is 2.22 bits per heavy atom. The molecule has 3 aromatic carbocycles. The molecular formula is C27H20F3N3O4. The lowest BCUT2D eigenvalue weighted by Crippen LogP contribution is -2.29. The van der Waals surface area contributed by atoms with Gasteiger partial charge in [-0.1, -0.05) is 48.5 Å². The fourth-order valence-corrected chi connectivity index (χ4v) is 4.00. The number of methoxy groups -OCH3 is 1. The average Bonchev–Trinajstić information content (AvgIpc) is 3.20. The zero-order chi connectivity index (χ0) is 26.0. The topological polar surface area (TPSA) is 65.8 Å². The van der Waals surface area contributed by atoms with Crippen molar-refractivity contribution < 1.29 is 32.3 Å². The molecule has 1 atom stereocenters. The number of benzene rings is 3. The van der Waals surface area contributed by atoms with E-state index in [2.05, 4.69) is 5.10 Å². The van der Waals surface area contributed by atoms with Crippen LogP contribution < -0.4 is 9.47 Å². The van der Waals surface area contributed by atoms with Crippen molar-refractivity contribution in [3.8, 4) is 17.3 Å². The Morgan fingerprint density at radius 2 is 1.59 bits per heavy atom. The van der Waals surface area contributed by atoms with Crippen LogP contribution in [0.3, 0.4) is 0 Å². The number of alkyl halides is 3. The highest BCUT2D eigenvalue weighted by atomic mass is 19.4. The number of carbonyl (C=O) groups is 1. The van der Waals surface area contributed by atoms with Crippen molar-refractivity contribution in [1.82, 2.24) is 14.8 Å². The van der Waals surface area contributed by atoms with Crippen molar-refractivity contribution in [2.75, 3.05) is 7.11 Å². The molecule has 7 nitrogen and oxygen atoms in total. The summed E-state index contributed by atoms with van der Waals surface area (Å²) in [6, 6.07) is 21.6. The normalized spacial score (nSPS) is 14.9. The Kier molecular flexibility index (Phi) is 6.31. The molecule has 4 aromatic rings. The molecule has 5 rings (SSSR count). The Labute approximate surface area is 209 Å². The third kappa shape index (κ3) is 4.73. The van der Waals surface area contributed by atoms with Gasteiger partial charge in [-0.2, -0.15) is 28.0 Å². The van der Waals surface area contributed by atoms with Gasteiger partial charge in [-0.3, -0.25) is 0 Å². The lowest BCUT2D eigenvalue weighted by Gasteiger charge is -2.28. The lowest BCUT2D eigenvalue weighted by molar-refractivity contribution is -0.144. The van der Waals surface area contributed by atoms with Crippen LogP contribution in [0, 0.1) is 0 Å². The van der Waals surface area contributed by atoms with Crippen LogP contribution in [-0.4, -0.2) is 27.9 Å². The van der Waals surface area contributed by atoms with E-state index in [1.165, 1.54) is 13.3 Å². The summed E-state index contributed by atoms with van der Waals surface area (Å²) in [5.74, 6) is -0.404. The molecule has 0 amide bonds. The number of rotatable bonds is 5. The Morgan fingerprint density at radius 1 is 0.946 bits per heavy atom. The van der Waals surface area contributed by atoms with Gasteiger partial charge in [-0.05, 0) is 42.0 Å². The molecule has 1 unspecified atom stereocenters. The van der Waals surface area contributed by atoms with E-state index < -0.39 is 23.9 Å². The average molecular weight is 507 g/mol. The van der Waals surface area contributed by atoms with E-state index in [1.807, 2.05) is 0 Å². The predicted molar refractivity (Wildman–Crippen MR) is 127 cm³/mol. The maximum atomic E-state index is 14.4. The highest BCUT2D eigenvalue weighted by molar-refractivity contribution is 5.89. The molecule has 1 aliphatic rings. The summed E-state index contributed by atoms with van der Waals surface area (Å²) >= 11 is 0. The Balaban J connectivity index is 1.70. The third-order valence-corrected chi connectivity index (χ3v) is 5.69. The van der Waals surface area contributed by atoms with Crippen molar-refractivity contribution in [3.63, 3.8) is 0 Å². The third-order valence-electron chi connectivity index (χ3n) is 5.69. The van der Waals surface area contributed by atoms with E-state index in [4.69, 9.17) is 14.3 Å². The van der Waals surface area contributed by atoms with Gasteiger partial charge in [0, 0.05) is 0 Å². The molecule has 10 heteroatoms. The monoisotopic (exact) mass is 507 g/mol. The van der Waals surface area contributed by atoms with Crippen molar-refractivity contribution in [2.24, 2.45) is 0 Å². The summed E-state index contributed by atoms with van der Waals surface area (Å²) in [4.78, 5) is 18.5. The second-order valence-corrected chi connectivity index (χ2v) is 8.00. The number of para-hydroxylation sites is 1. The number of ether oxygens (including phenoxy) is 2. The highest BCUT2D eigenvalue weighted by Crippen LogP contribution is 2.46. The number of nitrogens with zero attached hydrogens (tertiary/aromatic N) is 3. The van der Waals surface area contributed by atoms with Gasteiger partial charge in [0.05, 0.1) is 30.1 Å². The van der Waals surface area contributed by atoms with Gasteiger partial charge in [0.1, 0.15) is 18.1 Å². The molecular weight excluding hydrogens is 487 g/mol. The molecule has 0 aliphatic carbocycles. The second-order valence-electron chi connectivity index (χ2n) is 8.00. The summed E-state index contributed by atoms with van der Waals surface area (Å²) in [7, 11) is 1.48. The van der Waals surface area contributed by atoms with Gasteiger partial charge in [0.25, 0.3) is 0 Å². The van der Waals surface area contributed by atoms with E-state index in [9.17, 15) is 18.0 Å². The van der Waals surface area contributed by atoms with Gasteiger partial charge >= 0.3 is 12.1 Å². The van der Waals surface area contributed by atoms with Crippen LogP contribution in [0.1, 0.15) is 33.2 Å². The van der Waals surface area contributed by atoms with E-state index in [1.54, 1.807) is 84.9 Å². The van der Waals surface area contributed by atoms with Crippen LogP contribution in [0.25, 0.3) is 5.69 Å². The van der Waals surface area contributed by atoms with Crippen LogP contribution in [-0.2, 0) is 11.0 Å². The molecule has 188 valence electrons. The number of hydrogen-bond donors (Lipinski definition) is 0. The minimum Gasteiger partial charge on any atom is -0.497 e. The summed E-state index contributed by atoms with van der Waals surface area (Å²) in [6.45, 7) is 0. The summed E-state index contributed by atoms with van der Waals surface area (Å²) in [5.41, 5.74) is -0.503. The van der Waals surface area contributed by atoms with Crippen molar-refractivity contribution in [1.29, 1.82) is 0 Å². The van der Waals surface area contributed by atoms with Crippen LogP contribution in [0.2, 0.25) is 0 Å². The maximum Gasteiger partial charge on any atom is 0.435 e. The smallest absolute Gasteiger partial charge is 0.435 e. The molecule has 0 radical (unpaired) electrons. The summed E-state index contributed by atoms with van der Waals surface area (Å²) in [5, 5.41) is 4.93. The summed E-state index contributed by atoms with van der Waals surface area (Å²) in [6.07, 6.45) is -2.41. The van der Waals surface area contributed by atoms with E-state index in [0.29, 0.717) is 17.0 Å². The van der Waals surface area contributed by atoms with E-state index in [0.717, 1.165) is 16.0 Å². The number of carbonyl (C=O) groups excluding carboxylic acids is 1. The first-order valence-electron chi connectivity index (χ1n) is 11.2. The van der Waals surface area contributed by atoms with Crippen LogP contribution >= 0.6 is 0 Å². The molecule has 0 saturated carbocycles. The number of aromatic nitrogens is 2. The first-order chi connectivity index (χ1) is 17.9.